The Bertz CT molecular complexity index is 938. The molecule has 0 bridgehead atoms. The van der Waals surface area contributed by atoms with E-state index in [2.05, 4.69) is 34.3 Å². The maximum Gasteiger partial charge on any atom is 0.251 e. The Morgan fingerprint density at radius 2 is 2.11 bits per heavy atom. The third-order valence-corrected chi connectivity index (χ3v) is 5.07. The van der Waals surface area contributed by atoms with Crippen LogP contribution < -0.4 is 5.32 Å². The van der Waals surface area contributed by atoms with Crippen LogP contribution in [0.3, 0.4) is 0 Å². The Morgan fingerprint density at radius 1 is 1.30 bits per heavy atom. The highest BCUT2D eigenvalue weighted by Gasteiger charge is 2.29. The van der Waals surface area contributed by atoms with Gasteiger partial charge in [0.1, 0.15) is 5.65 Å². The number of nitrogens with one attached hydrogen (secondary N) is 1. The third kappa shape index (κ3) is 4.02. The number of amides is 1. The number of aryl methyl sites for hydroxylation is 1. The number of hydrogen-bond acceptors (Lipinski definition) is 4. The van der Waals surface area contributed by atoms with Crippen molar-refractivity contribution < 1.29 is 9.90 Å². The Kier molecular flexibility index (Phi) is 4.92. The first-order valence-electron chi connectivity index (χ1n) is 9.29. The molecule has 6 heteroatoms. The number of likely N-dealkylation sites (tertiary alicyclic amines) is 1. The van der Waals surface area contributed by atoms with Crippen molar-refractivity contribution in [3.05, 3.63) is 71.7 Å². The van der Waals surface area contributed by atoms with Crippen molar-refractivity contribution in [1.82, 2.24) is 19.6 Å². The number of piperidine rings is 1. The lowest BCUT2D eigenvalue weighted by molar-refractivity contribution is 0.0346. The summed E-state index contributed by atoms with van der Waals surface area (Å²) in [5.74, 6) is -0.135. The van der Waals surface area contributed by atoms with E-state index >= 15 is 0 Å². The lowest BCUT2D eigenvalue weighted by Gasteiger charge is -2.35. The van der Waals surface area contributed by atoms with Gasteiger partial charge in [-0.3, -0.25) is 9.69 Å². The fraction of sp³-hybridized carbons (Fsp3) is 0.333. The van der Waals surface area contributed by atoms with Gasteiger partial charge in [-0.25, -0.2) is 4.98 Å². The Balaban J connectivity index is 1.36. The molecule has 1 amide bonds. The van der Waals surface area contributed by atoms with Crippen LogP contribution >= 0.6 is 0 Å². The van der Waals surface area contributed by atoms with E-state index in [0.717, 1.165) is 17.9 Å². The number of imidazole rings is 1. The number of benzene rings is 1. The minimum Gasteiger partial charge on any atom is -0.390 e. The number of β-amino-alcohol motifs (C(OH)–C–C–N with tert-alkyl or cyclic N) is 1. The average Bonchev–Trinajstić information content (AvgIpc) is 3.06. The summed E-state index contributed by atoms with van der Waals surface area (Å²) in [6.45, 7) is 4.08. The van der Waals surface area contributed by atoms with Crippen molar-refractivity contribution in [2.24, 2.45) is 0 Å². The lowest BCUT2D eigenvalue weighted by atomic mass is 10.0. The lowest BCUT2D eigenvalue weighted by Crippen LogP contribution is -2.53. The second-order valence-electron chi connectivity index (χ2n) is 7.24. The standard InChI is InChI=1S/C21H24N4O2/c1-15-7-10-25-13-17(22-20(25)11-15)12-24-9-8-18(19(26)14-24)23-21(27)16-5-3-2-4-6-16/h2-7,10-11,13,18-19,26H,8-9,12,14H2,1H3,(H,23,27)/t18-,19-/m1/s1. The van der Waals surface area contributed by atoms with Gasteiger partial charge in [0.05, 0.1) is 17.8 Å². The van der Waals surface area contributed by atoms with E-state index in [9.17, 15) is 9.90 Å². The highest BCUT2D eigenvalue weighted by molar-refractivity contribution is 5.94. The molecular formula is C21H24N4O2. The summed E-state index contributed by atoms with van der Waals surface area (Å²) in [5, 5.41) is 13.5. The van der Waals surface area contributed by atoms with Crippen LogP contribution in [0.5, 0.6) is 0 Å². The number of aliphatic hydroxyl groups is 1. The van der Waals surface area contributed by atoms with Gasteiger partial charge >= 0.3 is 0 Å². The van der Waals surface area contributed by atoms with Crippen LogP contribution in [0.1, 0.15) is 28.0 Å². The molecular weight excluding hydrogens is 340 g/mol. The number of nitrogens with zero attached hydrogens (tertiary/aromatic N) is 3. The van der Waals surface area contributed by atoms with E-state index in [4.69, 9.17) is 0 Å². The normalized spacial score (nSPS) is 20.7. The molecule has 2 aromatic heterocycles. The number of pyridine rings is 1. The summed E-state index contributed by atoms with van der Waals surface area (Å²) in [7, 11) is 0. The maximum absolute atomic E-state index is 12.3. The van der Waals surface area contributed by atoms with Crippen LogP contribution in [0.4, 0.5) is 0 Å². The molecule has 140 valence electrons. The molecule has 6 nitrogen and oxygen atoms in total. The molecule has 2 N–H and O–H groups in total. The highest BCUT2D eigenvalue weighted by atomic mass is 16.3. The minimum absolute atomic E-state index is 0.135. The summed E-state index contributed by atoms with van der Waals surface area (Å²) in [5.41, 5.74) is 3.73. The average molecular weight is 364 g/mol. The van der Waals surface area contributed by atoms with Gasteiger partial charge in [-0.1, -0.05) is 18.2 Å². The van der Waals surface area contributed by atoms with Crippen molar-refractivity contribution in [3.63, 3.8) is 0 Å². The zero-order chi connectivity index (χ0) is 18.8. The molecule has 1 aliphatic rings. The monoisotopic (exact) mass is 364 g/mol. The second kappa shape index (κ2) is 7.50. The second-order valence-corrected chi connectivity index (χ2v) is 7.24. The summed E-state index contributed by atoms with van der Waals surface area (Å²) in [6, 6.07) is 13.0. The summed E-state index contributed by atoms with van der Waals surface area (Å²) >= 11 is 0. The SMILES string of the molecule is Cc1ccn2cc(CN3CC[C@@H](NC(=O)c4ccccc4)[C@H](O)C3)nc2c1. The highest BCUT2D eigenvalue weighted by Crippen LogP contribution is 2.16. The molecule has 3 heterocycles. The first-order valence-corrected chi connectivity index (χ1v) is 9.29. The zero-order valence-corrected chi connectivity index (χ0v) is 15.4. The number of carbonyl (C=O) groups is 1. The van der Waals surface area contributed by atoms with E-state index in [0.29, 0.717) is 25.1 Å². The minimum atomic E-state index is -0.592. The molecule has 0 spiro atoms. The maximum atomic E-state index is 12.3. The van der Waals surface area contributed by atoms with Crippen LogP contribution in [0.2, 0.25) is 0 Å². The number of rotatable bonds is 4. The van der Waals surface area contributed by atoms with Crippen molar-refractivity contribution in [2.45, 2.75) is 32.0 Å². The fourth-order valence-corrected chi connectivity index (χ4v) is 3.59. The van der Waals surface area contributed by atoms with Crippen molar-refractivity contribution in [2.75, 3.05) is 13.1 Å². The molecule has 1 fully saturated rings. The van der Waals surface area contributed by atoms with Gasteiger partial charge in [0.25, 0.3) is 5.91 Å². The molecule has 2 atom stereocenters. The fourth-order valence-electron chi connectivity index (χ4n) is 3.59. The van der Waals surface area contributed by atoms with Gasteiger partial charge in [-0.05, 0) is 43.2 Å². The predicted molar refractivity (Wildman–Crippen MR) is 104 cm³/mol. The van der Waals surface area contributed by atoms with Crippen LogP contribution in [0.15, 0.2) is 54.9 Å². The number of aromatic nitrogens is 2. The Morgan fingerprint density at radius 3 is 2.89 bits per heavy atom. The first-order chi connectivity index (χ1) is 13.1. The van der Waals surface area contributed by atoms with Crippen molar-refractivity contribution >= 4 is 11.6 Å². The molecule has 0 saturated carbocycles. The molecule has 0 unspecified atom stereocenters. The molecule has 1 aliphatic heterocycles. The van der Waals surface area contributed by atoms with Crippen LogP contribution in [-0.4, -0.2) is 50.5 Å². The number of aliphatic hydroxyl groups excluding tert-OH is 1. The topological polar surface area (TPSA) is 69.9 Å². The third-order valence-electron chi connectivity index (χ3n) is 5.07. The predicted octanol–water partition coefficient (Wildman–Crippen LogP) is 2.01. The molecule has 1 aromatic carbocycles. The molecule has 4 rings (SSSR count). The molecule has 3 aromatic rings. The van der Waals surface area contributed by atoms with E-state index < -0.39 is 6.10 Å². The van der Waals surface area contributed by atoms with Crippen molar-refractivity contribution in [1.29, 1.82) is 0 Å². The van der Waals surface area contributed by atoms with Crippen LogP contribution in [0.25, 0.3) is 5.65 Å². The van der Waals surface area contributed by atoms with Crippen molar-refractivity contribution in [3.8, 4) is 0 Å². The van der Waals surface area contributed by atoms with Gasteiger partial charge in [-0.2, -0.15) is 0 Å². The number of fused-ring (bicyclic) bond motifs is 1. The zero-order valence-electron chi connectivity index (χ0n) is 15.4. The number of hydrogen-bond donors (Lipinski definition) is 2. The summed E-state index contributed by atoms with van der Waals surface area (Å²) in [4.78, 5) is 19.2. The molecule has 0 aliphatic carbocycles. The smallest absolute Gasteiger partial charge is 0.251 e. The summed E-state index contributed by atoms with van der Waals surface area (Å²) in [6.07, 6.45) is 4.17. The van der Waals surface area contributed by atoms with Crippen LogP contribution in [0, 0.1) is 6.92 Å². The Labute approximate surface area is 158 Å². The van der Waals surface area contributed by atoms with E-state index in [-0.39, 0.29) is 11.9 Å². The van der Waals surface area contributed by atoms with E-state index in [1.165, 1.54) is 5.56 Å². The largest absolute Gasteiger partial charge is 0.390 e. The molecule has 27 heavy (non-hydrogen) atoms. The first kappa shape index (κ1) is 17.7. The number of carbonyl (C=O) groups excluding carboxylic acids is 1. The van der Waals surface area contributed by atoms with Gasteiger partial charge in [0, 0.05) is 37.6 Å². The van der Waals surface area contributed by atoms with E-state index in [1.807, 2.05) is 35.0 Å². The van der Waals surface area contributed by atoms with Crippen LogP contribution in [-0.2, 0) is 6.54 Å². The summed E-state index contributed by atoms with van der Waals surface area (Å²) < 4.78 is 2.02. The van der Waals surface area contributed by atoms with Gasteiger partial charge in [0.15, 0.2) is 0 Å². The van der Waals surface area contributed by atoms with Gasteiger partial charge in [-0.15, -0.1) is 0 Å². The van der Waals surface area contributed by atoms with Gasteiger partial charge < -0.3 is 14.8 Å². The Hall–Kier alpha value is -2.70. The molecule has 1 saturated heterocycles. The van der Waals surface area contributed by atoms with Gasteiger partial charge in [0.2, 0.25) is 0 Å². The van der Waals surface area contributed by atoms with E-state index in [1.54, 1.807) is 12.1 Å². The quantitative estimate of drug-likeness (QED) is 0.743. The molecule has 0 radical (unpaired) electrons.